The molecule has 4 nitrogen and oxygen atoms in total. The second kappa shape index (κ2) is 6.34. The number of alkyl halides is 3. The molecule has 0 fully saturated rings. The Bertz CT molecular complexity index is 577. The van der Waals surface area contributed by atoms with Crippen molar-refractivity contribution in [3.05, 3.63) is 54.0 Å². The molecule has 0 aliphatic rings. The third kappa shape index (κ3) is 4.55. The minimum atomic E-state index is -4.38. The van der Waals surface area contributed by atoms with E-state index in [0.29, 0.717) is 18.7 Å². The van der Waals surface area contributed by atoms with Crippen LogP contribution >= 0.6 is 0 Å². The van der Waals surface area contributed by atoms with Crippen LogP contribution in [0, 0.1) is 0 Å². The molecule has 21 heavy (non-hydrogen) atoms. The molecular formula is C14H13F3N2O2. The van der Waals surface area contributed by atoms with Crippen LogP contribution < -0.4 is 10.6 Å². The standard InChI is InChI=1S/C14H13F3N2O2/c15-14(16,17)11-1-3-12(4-2-11)19-13(20)18-7-5-10-6-8-21-9-10/h1-4,6,8-9H,5,7H2,(H2,18,19,20). The van der Waals surface area contributed by atoms with Gasteiger partial charge in [-0.15, -0.1) is 0 Å². The fourth-order valence-corrected chi connectivity index (χ4v) is 1.67. The van der Waals surface area contributed by atoms with Gasteiger partial charge in [-0.3, -0.25) is 0 Å². The summed E-state index contributed by atoms with van der Waals surface area (Å²) in [5.74, 6) is 0. The highest BCUT2D eigenvalue weighted by Crippen LogP contribution is 2.29. The Balaban J connectivity index is 1.79. The molecular weight excluding hydrogens is 285 g/mol. The molecule has 0 radical (unpaired) electrons. The molecule has 0 aliphatic carbocycles. The number of rotatable bonds is 4. The van der Waals surface area contributed by atoms with Crippen molar-refractivity contribution in [3.8, 4) is 0 Å². The number of urea groups is 1. The SMILES string of the molecule is O=C(NCCc1ccoc1)Nc1ccc(C(F)(F)F)cc1. The molecule has 7 heteroatoms. The summed E-state index contributed by atoms with van der Waals surface area (Å²) >= 11 is 0. The second-order valence-electron chi connectivity index (χ2n) is 4.34. The molecule has 0 aliphatic heterocycles. The van der Waals surface area contributed by atoms with Crippen LogP contribution in [0.25, 0.3) is 0 Å². The van der Waals surface area contributed by atoms with Crippen LogP contribution in [0.15, 0.2) is 47.3 Å². The van der Waals surface area contributed by atoms with E-state index in [1.807, 2.05) is 0 Å². The molecule has 1 heterocycles. The summed E-state index contributed by atoms with van der Waals surface area (Å²) < 4.78 is 42.0. The Kier molecular flexibility index (Phi) is 4.52. The molecule has 2 rings (SSSR count). The Labute approximate surface area is 119 Å². The first-order chi connectivity index (χ1) is 9.95. The number of benzene rings is 1. The van der Waals surface area contributed by atoms with E-state index in [1.54, 1.807) is 12.3 Å². The fraction of sp³-hybridized carbons (Fsp3) is 0.214. The normalized spacial score (nSPS) is 11.2. The summed E-state index contributed by atoms with van der Waals surface area (Å²) in [6.45, 7) is 0.395. The van der Waals surface area contributed by atoms with Crippen molar-refractivity contribution in [1.29, 1.82) is 0 Å². The molecule has 112 valence electrons. The van der Waals surface area contributed by atoms with Crippen LogP contribution in [-0.4, -0.2) is 12.6 Å². The lowest BCUT2D eigenvalue weighted by atomic mass is 10.2. The predicted octanol–water partition coefficient (Wildman–Crippen LogP) is 3.66. The first-order valence-corrected chi connectivity index (χ1v) is 6.18. The van der Waals surface area contributed by atoms with E-state index in [0.717, 1.165) is 17.7 Å². The van der Waals surface area contributed by atoms with Crippen LogP contribution in [0.4, 0.5) is 23.7 Å². The van der Waals surface area contributed by atoms with Gasteiger partial charge >= 0.3 is 12.2 Å². The second-order valence-corrected chi connectivity index (χ2v) is 4.34. The van der Waals surface area contributed by atoms with Crippen molar-refractivity contribution < 1.29 is 22.4 Å². The van der Waals surface area contributed by atoms with Gasteiger partial charge in [0, 0.05) is 12.2 Å². The maximum atomic E-state index is 12.4. The molecule has 1 aromatic carbocycles. The molecule has 1 aromatic heterocycles. The maximum absolute atomic E-state index is 12.4. The van der Waals surface area contributed by atoms with E-state index in [-0.39, 0.29) is 0 Å². The van der Waals surface area contributed by atoms with Crippen molar-refractivity contribution in [2.45, 2.75) is 12.6 Å². The zero-order chi connectivity index (χ0) is 15.3. The van der Waals surface area contributed by atoms with Gasteiger partial charge in [-0.25, -0.2) is 4.79 Å². The van der Waals surface area contributed by atoms with Crippen LogP contribution in [0.3, 0.4) is 0 Å². The third-order valence-corrected chi connectivity index (χ3v) is 2.75. The van der Waals surface area contributed by atoms with Crippen molar-refractivity contribution in [1.82, 2.24) is 5.32 Å². The first-order valence-electron chi connectivity index (χ1n) is 6.18. The first kappa shape index (κ1) is 15.0. The minimum absolute atomic E-state index is 0.295. The highest BCUT2D eigenvalue weighted by atomic mass is 19.4. The van der Waals surface area contributed by atoms with Gasteiger partial charge in [-0.1, -0.05) is 0 Å². The van der Waals surface area contributed by atoms with Gasteiger partial charge in [0.1, 0.15) is 0 Å². The topological polar surface area (TPSA) is 54.3 Å². The zero-order valence-corrected chi connectivity index (χ0v) is 10.9. The number of furan rings is 1. The summed E-state index contributed by atoms with van der Waals surface area (Å²) in [6, 6.07) is 5.56. The maximum Gasteiger partial charge on any atom is 0.416 e. The van der Waals surface area contributed by atoms with E-state index < -0.39 is 17.8 Å². The average molecular weight is 298 g/mol. The number of anilines is 1. The van der Waals surface area contributed by atoms with Gasteiger partial charge in [0.25, 0.3) is 0 Å². The van der Waals surface area contributed by atoms with Gasteiger partial charge < -0.3 is 15.1 Å². The molecule has 2 N–H and O–H groups in total. The van der Waals surface area contributed by atoms with E-state index in [4.69, 9.17) is 4.42 Å². The Morgan fingerprint density at radius 1 is 1.14 bits per heavy atom. The molecule has 0 spiro atoms. The quantitative estimate of drug-likeness (QED) is 0.905. The summed E-state index contributed by atoms with van der Waals surface area (Å²) in [4.78, 5) is 11.6. The van der Waals surface area contributed by atoms with Crippen LogP contribution in [0.1, 0.15) is 11.1 Å². The number of hydrogen-bond donors (Lipinski definition) is 2. The number of amides is 2. The third-order valence-electron chi connectivity index (χ3n) is 2.75. The van der Waals surface area contributed by atoms with E-state index in [9.17, 15) is 18.0 Å². The molecule has 0 unspecified atom stereocenters. The Hall–Kier alpha value is -2.44. The average Bonchev–Trinajstić information content (AvgIpc) is 2.91. The van der Waals surface area contributed by atoms with Gasteiger partial charge in [0.05, 0.1) is 18.1 Å². The minimum Gasteiger partial charge on any atom is -0.472 e. The summed E-state index contributed by atoms with van der Waals surface area (Å²) in [5.41, 5.74) is 0.488. The van der Waals surface area contributed by atoms with Crippen molar-refractivity contribution in [2.24, 2.45) is 0 Å². The lowest BCUT2D eigenvalue weighted by Crippen LogP contribution is -2.30. The van der Waals surface area contributed by atoms with Gasteiger partial charge in [0.2, 0.25) is 0 Å². The highest BCUT2D eigenvalue weighted by Gasteiger charge is 2.29. The molecule has 2 aromatic rings. The highest BCUT2D eigenvalue weighted by molar-refractivity contribution is 5.89. The molecule has 0 bridgehead atoms. The van der Waals surface area contributed by atoms with Gasteiger partial charge in [-0.2, -0.15) is 13.2 Å². The number of halogens is 3. The van der Waals surface area contributed by atoms with Gasteiger partial charge in [0.15, 0.2) is 0 Å². The largest absolute Gasteiger partial charge is 0.472 e. The van der Waals surface area contributed by atoms with Gasteiger partial charge in [-0.05, 0) is 42.3 Å². The number of carbonyl (C=O) groups excluding carboxylic acids is 1. The monoisotopic (exact) mass is 298 g/mol. The zero-order valence-electron chi connectivity index (χ0n) is 10.9. The molecule has 0 atom stereocenters. The number of hydrogen-bond acceptors (Lipinski definition) is 2. The number of nitrogens with one attached hydrogen (secondary N) is 2. The Morgan fingerprint density at radius 2 is 1.86 bits per heavy atom. The van der Waals surface area contributed by atoms with Crippen LogP contribution in [0.2, 0.25) is 0 Å². The van der Waals surface area contributed by atoms with Crippen LogP contribution in [-0.2, 0) is 12.6 Å². The van der Waals surface area contributed by atoms with E-state index in [2.05, 4.69) is 10.6 Å². The van der Waals surface area contributed by atoms with E-state index >= 15 is 0 Å². The van der Waals surface area contributed by atoms with Crippen molar-refractivity contribution in [3.63, 3.8) is 0 Å². The molecule has 0 saturated carbocycles. The summed E-state index contributed by atoms with van der Waals surface area (Å²) in [7, 11) is 0. The lowest BCUT2D eigenvalue weighted by molar-refractivity contribution is -0.137. The summed E-state index contributed by atoms with van der Waals surface area (Å²) in [6.07, 6.45) is -0.657. The number of carbonyl (C=O) groups is 1. The lowest BCUT2D eigenvalue weighted by Gasteiger charge is -2.09. The Morgan fingerprint density at radius 3 is 2.43 bits per heavy atom. The molecule has 2 amide bonds. The summed E-state index contributed by atoms with van der Waals surface area (Å²) in [5, 5.41) is 5.06. The van der Waals surface area contributed by atoms with Crippen molar-refractivity contribution in [2.75, 3.05) is 11.9 Å². The molecule has 0 saturated heterocycles. The van der Waals surface area contributed by atoms with Crippen molar-refractivity contribution >= 4 is 11.7 Å². The predicted molar refractivity (Wildman–Crippen MR) is 70.9 cm³/mol. The van der Waals surface area contributed by atoms with E-state index in [1.165, 1.54) is 18.4 Å². The van der Waals surface area contributed by atoms with Crippen LogP contribution in [0.5, 0.6) is 0 Å². The smallest absolute Gasteiger partial charge is 0.416 e. The fourth-order valence-electron chi connectivity index (χ4n) is 1.67.